The molecule has 0 saturated carbocycles. The summed E-state index contributed by atoms with van der Waals surface area (Å²) in [6.45, 7) is 3.82. The summed E-state index contributed by atoms with van der Waals surface area (Å²) in [5, 5.41) is 7.24. The number of carbonyl (C=O) groups excluding carboxylic acids is 1. The molecule has 1 amide bonds. The average molecular weight is 347 g/mol. The Morgan fingerprint density at radius 1 is 1.33 bits per heavy atom. The van der Waals surface area contributed by atoms with Crippen LogP contribution in [0.3, 0.4) is 0 Å². The number of hydrogen-bond acceptors (Lipinski definition) is 4. The number of sulfone groups is 1. The lowest BCUT2D eigenvalue weighted by molar-refractivity contribution is -0.115. The quantitative estimate of drug-likeness (QED) is 0.918. The molecule has 1 aliphatic heterocycles. The second-order valence-corrected chi connectivity index (χ2v) is 8.62. The molecule has 7 heteroatoms. The molecule has 1 N–H and O–H groups in total. The summed E-state index contributed by atoms with van der Waals surface area (Å²) in [5.41, 5.74) is 2.81. The van der Waals surface area contributed by atoms with Crippen LogP contribution in [0.5, 0.6) is 0 Å². The van der Waals surface area contributed by atoms with E-state index in [-0.39, 0.29) is 29.9 Å². The van der Waals surface area contributed by atoms with Crippen molar-refractivity contribution in [3.63, 3.8) is 0 Å². The minimum atomic E-state index is -3.01. The Balaban J connectivity index is 1.74. The van der Waals surface area contributed by atoms with Gasteiger partial charge in [0.05, 0.1) is 29.7 Å². The normalized spacial score (nSPS) is 19.3. The number of amides is 1. The topological polar surface area (TPSA) is 81.1 Å². The van der Waals surface area contributed by atoms with Gasteiger partial charge in [0.2, 0.25) is 5.91 Å². The van der Waals surface area contributed by atoms with Gasteiger partial charge in [-0.05, 0) is 25.8 Å². The van der Waals surface area contributed by atoms with Gasteiger partial charge in [-0.2, -0.15) is 5.10 Å². The van der Waals surface area contributed by atoms with Gasteiger partial charge in [0.1, 0.15) is 5.82 Å². The van der Waals surface area contributed by atoms with Gasteiger partial charge < -0.3 is 5.32 Å². The van der Waals surface area contributed by atoms with Gasteiger partial charge in [0.15, 0.2) is 9.84 Å². The largest absolute Gasteiger partial charge is 0.311 e. The zero-order chi connectivity index (χ0) is 17.3. The third-order valence-corrected chi connectivity index (χ3v) is 5.88. The van der Waals surface area contributed by atoms with E-state index in [1.165, 1.54) is 0 Å². The Kier molecular flexibility index (Phi) is 4.45. The number of aryl methyl sites for hydroxylation is 2. The third-order valence-electron chi connectivity index (χ3n) is 4.13. The van der Waals surface area contributed by atoms with Gasteiger partial charge in [0, 0.05) is 6.07 Å². The molecule has 1 saturated heterocycles. The number of aromatic nitrogens is 2. The van der Waals surface area contributed by atoms with Crippen LogP contribution in [0, 0.1) is 13.8 Å². The first-order chi connectivity index (χ1) is 11.3. The van der Waals surface area contributed by atoms with Crippen LogP contribution in [-0.4, -0.2) is 35.6 Å². The Morgan fingerprint density at radius 2 is 2.12 bits per heavy atom. The van der Waals surface area contributed by atoms with Crippen LogP contribution in [0.1, 0.15) is 29.3 Å². The Bertz CT molecular complexity index is 871. The van der Waals surface area contributed by atoms with Crippen molar-refractivity contribution in [2.24, 2.45) is 0 Å². The smallest absolute Gasteiger partial charge is 0.229 e. The summed E-state index contributed by atoms with van der Waals surface area (Å²) >= 11 is 0. The van der Waals surface area contributed by atoms with Gasteiger partial charge in [0.25, 0.3) is 0 Å². The minimum Gasteiger partial charge on any atom is -0.311 e. The molecule has 0 spiro atoms. The zero-order valence-electron chi connectivity index (χ0n) is 13.8. The highest BCUT2D eigenvalue weighted by Crippen LogP contribution is 2.27. The molecule has 2 aromatic rings. The van der Waals surface area contributed by atoms with Crippen molar-refractivity contribution in [1.82, 2.24) is 9.78 Å². The van der Waals surface area contributed by atoms with Crippen molar-refractivity contribution in [3.05, 3.63) is 47.2 Å². The number of anilines is 1. The fourth-order valence-electron chi connectivity index (χ4n) is 3.05. The fourth-order valence-corrected chi connectivity index (χ4v) is 4.74. The van der Waals surface area contributed by atoms with Gasteiger partial charge in [-0.15, -0.1) is 0 Å². The first kappa shape index (κ1) is 16.7. The molecule has 1 aromatic carbocycles. The summed E-state index contributed by atoms with van der Waals surface area (Å²) in [7, 11) is -3.01. The van der Waals surface area contributed by atoms with Crippen molar-refractivity contribution < 1.29 is 13.2 Å². The lowest BCUT2D eigenvalue weighted by Gasteiger charge is -2.14. The summed E-state index contributed by atoms with van der Waals surface area (Å²) in [6, 6.07) is 9.37. The van der Waals surface area contributed by atoms with Crippen LogP contribution >= 0.6 is 0 Å². The zero-order valence-corrected chi connectivity index (χ0v) is 14.6. The first-order valence-corrected chi connectivity index (χ1v) is 9.76. The van der Waals surface area contributed by atoms with E-state index >= 15 is 0 Å². The van der Waals surface area contributed by atoms with Gasteiger partial charge in [-0.25, -0.2) is 13.1 Å². The highest BCUT2D eigenvalue weighted by Gasteiger charge is 2.31. The van der Waals surface area contributed by atoms with E-state index in [1.807, 2.05) is 38.1 Å². The van der Waals surface area contributed by atoms with Crippen molar-refractivity contribution in [3.8, 4) is 0 Å². The van der Waals surface area contributed by atoms with Crippen LogP contribution in [0.4, 0.5) is 5.82 Å². The molecule has 0 radical (unpaired) electrons. The van der Waals surface area contributed by atoms with Crippen molar-refractivity contribution in [1.29, 1.82) is 0 Å². The van der Waals surface area contributed by atoms with Crippen LogP contribution in [-0.2, 0) is 21.1 Å². The van der Waals surface area contributed by atoms with Crippen LogP contribution in [0.15, 0.2) is 30.3 Å². The predicted octanol–water partition coefficient (Wildman–Crippen LogP) is 2.04. The lowest BCUT2D eigenvalue weighted by Crippen LogP contribution is -2.20. The molecule has 1 aromatic heterocycles. The van der Waals surface area contributed by atoms with Crippen LogP contribution in [0.25, 0.3) is 0 Å². The van der Waals surface area contributed by atoms with E-state index in [2.05, 4.69) is 10.4 Å². The highest BCUT2D eigenvalue weighted by atomic mass is 32.2. The molecule has 0 aliphatic carbocycles. The van der Waals surface area contributed by atoms with Crippen molar-refractivity contribution in [2.45, 2.75) is 32.7 Å². The Morgan fingerprint density at radius 3 is 2.79 bits per heavy atom. The van der Waals surface area contributed by atoms with E-state index in [9.17, 15) is 13.2 Å². The number of nitrogens with zero attached hydrogens (tertiary/aromatic N) is 2. The van der Waals surface area contributed by atoms with Gasteiger partial charge in [-0.1, -0.05) is 29.8 Å². The molecule has 2 heterocycles. The number of carbonyl (C=O) groups is 1. The Labute approximate surface area is 141 Å². The van der Waals surface area contributed by atoms with E-state index in [4.69, 9.17) is 0 Å². The molecule has 1 aliphatic rings. The maximum Gasteiger partial charge on any atom is 0.229 e. The van der Waals surface area contributed by atoms with Crippen molar-refractivity contribution >= 4 is 21.6 Å². The minimum absolute atomic E-state index is 0.0782. The molecule has 3 rings (SSSR count). The standard InChI is InChI=1S/C17H21N3O3S/c1-12-4-3-5-14(8-12)10-17(21)18-16-9-13(2)19-20(16)15-6-7-24(22,23)11-15/h3-5,8-9,15H,6-7,10-11H2,1-2H3,(H,18,21)/t15-/m0/s1. The summed E-state index contributed by atoms with van der Waals surface area (Å²) in [4.78, 5) is 12.3. The maximum atomic E-state index is 12.3. The Hall–Kier alpha value is -2.15. The molecule has 0 unspecified atom stereocenters. The number of hydrogen-bond donors (Lipinski definition) is 1. The third kappa shape index (κ3) is 3.84. The van der Waals surface area contributed by atoms with E-state index in [0.717, 1.165) is 16.8 Å². The number of benzene rings is 1. The van der Waals surface area contributed by atoms with E-state index < -0.39 is 9.84 Å². The fraction of sp³-hybridized carbons (Fsp3) is 0.412. The molecular formula is C17H21N3O3S. The number of nitrogens with one attached hydrogen (secondary N) is 1. The van der Waals surface area contributed by atoms with Crippen LogP contribution in [0.2, 0.25) is 0 Å². The number of rotatable bonds is 4. The molecule has 128 valence electrons. The van der Waals surface area contributed by atoms with Gasteiger partial charge in [-0.3, -0.25) is 4.79 Å². The lowest BCUT2D eigenvalue weighted by atomic mass is 10.1. The molecule has 24 heavy (non-hydrogen) atoms. The highest BCUT2D eigenvalue weighted by molar-refractivity contribution is 7.91. The molecule has 1 fully saturated rings. The van der Waals surface area contributed by atoms with Gasteiger partial charge >= 0.3 is 0 Å². The SMILES string of the molecule is Cc1cccc(CC(=O)Nc2cc(C)nn2[C@H]2CCS(=O)(=O)C2)c1. The molecule has 6 nitrogen and oxygen atoms in total. The second-order valence-electron chi connectivity index (χ2n) is 6.39. The van der Waals surface area contributed by atoms with Crippen molar-refractivity contribution in [2.75, 3.05) is 16.8 Å². The second kappa shape index (κ2) is 6.39. The summed E-state index contributed by atoms with van der Waals surface area (Å²) < 4.78 is 25.0. The molecule has 1 atom stereocenters. The van der Waals surface area contributed by atoms with Crippen LogP contribution < -0.4 is 5.32 Å². The summed E-state index contributed by atoms with van der Waals surface area (Å²) in [6.07, 6.45) is 0.805. The molecule has 0 bridgehead atoms. The monoisotopic (exact) mass is 347 g/mol. The maximum absolute atomic E-state index is 12.3. The van der Waals surface area contributed by atoms with E-state index in [1.54, 1.807) is 10.7 Å². The van der Waals surface area contributed by atoms with E-state index in [0.29, 0.717) is 12.2 Å². The first-order valence-electron chi connectivity index (χ1n) is 7.94. The molecular weight excluding hydrogens is 326 g/mol. The average Bonchev–Trinajstić information content (AvgIpc) is 3.01. The predicted molar refractivity (Wildman–Crippen MR) is 92.8 cm³/mol. The summed E-state index contributed by atoms with van der Waals surface area (Å²) in [5.74, 6) is 0.678.